The molecule has 16 heavy (non-hydrogen) atoms. The van der Waals surface area contributed by atoms with Crippen molar-refractivity contribution in [3.8, 4) is 0 Å². The number of nitrogens with zero attached hydrogens (tertiary/aromatic N) is 1. The van der Waals surface area contributed by atoms with Crippen LogP contribution in [0.2, 0.25) is 0 Å². The van der Waals surface area contributed by atoms with Crippen LogP contribution in [0, 0.1) is 0 Å². The Labute approximate surface area is 99.6 Å². The third-order valence-corrected chi connectivity index (χ3v) is 2.69. The highest BCUT2D eigenvalue weighted by Gasteiger charge is 2.19. The maximum absolute atomic E-state index is 11.8. The molecule has 0 aromatic rings. The summed E-state index contributed by atoms with van der Waals surface area (Å²) in [7, 11) is 0. The van der Waals surface area contributed by atoms with Gasteiger partial charge in [0.15, 0.2) is 0 Å². The van der Waals surface area contributed by atoms with Crippen molar-refractivity contribution in [2.24, 2.45) is 5.73 Å². The largest absolute Gasteiger partial charge is 0.355 e. The molecule has 1 unspecified atom stereocenters. The van der Waals surface area contributed by atoms with Crippen molar-refractivity contribution in [3.63, 3.8) is 0 Å². The van der Waals surface area contributed by atoms with Crippen molar-refractivity contribution in [2.75, 3.05) is 26.2 Å². The average molecular weight is 229 g/mol. The molecule has 0 bridgehead atoms. The lowest BCUT2D eigenvalue weighted by atomic mass is 10.2. The van der Waals surface area contributed by atoms with E-state index in [0.717, 1.165) is 38.9 Å². The van der Waals surface area contributed by atoms with Crippen LogP contribution in [-0.2, 0) is 4.79 Å². The first-order valence-electron chi connectivity index (χ1n) is 6.39. The molecule has 4 heteroatoms. The zero-order valence-electron chi connectivity index (χ0n) is 11.0. The van der Waals surface area contributed by atoms with E-state index in [0.29, 0.717) is 6.54 Å². The van der Waals surface area contributed by atoms with E-state index in [1.807, 2.05) is 6.92 Å². The SMILES string of the molecule is CCCCN(CCN)C(C)C(=O)NCCC. The second kappa shape index (κ2) is 9.60. The summed E-state index contributed by atoms with van der Waals surface area (Å²) in [6, 6.07) is -0.0679. The molecule has 4 nitrogen and oxygen atoms in total. The van der Waals surface area contributed by atoms with Gasteiger partial charge in [-0.2, -0.15) is 0 Å². The maximum Gasteiger partial charge on any atom is 0.237 e. The summed E-state index contributed by atoms with van der Waals surface area (Å²) in [5.74, 6) is 0.117. The smallest absolute Gasteiger partial charge is 0.237 e. The highest BCUT2D eigenvalue weighted by atomic mass is 16.2. The van der Waals surface area contributed by atoms with Gasteiger partial charge in [0.25, 0.3) is 0 Å². The molecule has 3 N–H and O–H groups in total. The Bertz CT molecular complexity index is 185. The molecule has 0 fully saturated rings. The Morgan fingerprint density at radius 2 is 2.00 bits per heavy atom. The van der Waals surface area contributed by atoms with Gasteiger partial charge in [0.1, 0.15) is 0 Å². The van der Waals surface area contributed by atoms with Gasteiger partial charge in [0.2, 0.25) is 5.91 Å². The van der Waals surface area contributed by atoms with Gasteiger partial charge in [-0.05, 0) is 26.3 Å². The van der Waals surface area contributed by atoms with E-state index < -0.39 is 0 Å². The van der Waals surface area contributed by atoms with Crippen molar-refractivity contribution in [1.82, 2.24) is 10.2 Å². The Kier molecular flexibility index (Phi) is 9.24. The molecule has 1 atom stereocenters. The van der Waals surface area contributed by atoms with E-state index >= 15 is 0 Å². The first-order chi connectivity index (χ1) is 7.67. The number of hydrogen-bond donors (Lipinski definition) is 2. The Balaban J connectivity index is 4.12. The van der Waals surface area contributed by atoms with Crippen molar-refractivity contribution in [1.29, 1.82) is 0 Å². The van der Waals surface area contributed by atoms with Crippen molar-refractivity contribution >= 4 is 5.91 Å². The van der Waals surface area contributed by atoms with Gasteiger partial charge in [0, 0.05) is 19.6 Å². The first-order valence-corrected chi connectivity index (χ1v) is 6.39. The van der Waals surface area contributed by atoms with E-state index in [-0.39, 0.29) is 11.9 Å². The lowest BCUT2D eigenvalue weighted by Gasteiger charge is -2.27. The first kappa shape index (κ1) is 15.4. The van der Waals surface area contributed by atoms with E-state index in [1.165, 1.54) is 0 Å². The zero-order chi connectivity index (χ0) is 12.4. The number of unbranched alkanes of at least 4 members (excludes halogenated alkanes) is 1. The van der Waals surface area contributed by atoms with Gasteiger partial charge < -0.3 is 11.1 Å². The second-order valence-corrected chi connectivity index (χ2v) is 4.15. The van der Waals surface area contributed by atoms with E-state index in [9.17, 15) is 4.79 Å². The fourth-order valence-electron chi connectivity index (χ4n) is 1.59. The highest BCUT2D eigenvalue weighted by molar-refractivity contribution is 5.81. The van der Waals surface area contributed by atoms with Gasteiger partial charge in [0.05, 0.1) is 6.04 Å². The number of nitrogens with two attached hydrogens (primary N) is 1. The number of amides is 1. The molecule has 0 saturated heterocycles. The number of rotatable bonds is 9. The van der Waals surface area contributed by atoms with Gasteiger partial charge in [-0.1, -0.05) is 20.3 Å². The van der Waals surface area contributed by atoms with E-state index in [1.54, 1.807) is 0 Å². The Morgan fingerprint density at radius 1 is 1.31 bits per heavy atom. The van der Waals surface area contributed by atoms with Crippen LogP contribution in [0.5, 0.6) is 0 Å². The summed E-state index contributed by atoms with van der Waals surface area (Å²) >= 11 is 0. The molecule has 0 aromatic carbocycles. The fourth-order valence-corrected chi connectivity index (χ4v) is 1.59. The summed E-state index contributed by atoms with van der Waals surface area (Å²) in [6.07, 6.45) is 3.24. The van der Waals surface area contributed by atoms with Gasteiger partial charge in [-0.25, -0.2) is 0 Å². The quantitative estimate of drug-likeness (QED) is 0.619. The highest BCUT2D eigenvalue weighted by Crippen LogP contribution is 2.02. The van der Waals surface area contributed by atoms with Gasteiger partial charge in [-0.3, -0.25) is 9.69 Å². The van der Waals surface area contributed by atoms with E-state index in [4.69, 9.17) is 5.73 Å². The molecule has 0 aliphatic heterocycles. The predicted octanol–water partition coefficient (Wildman–Crippen LogP) is 0.962. The number of carbonyl (C=O) groups excluding carboxylic acids is 1. The molecule has 0 aromatic heterocycles. The van der Waals surface area contributed by atoms with Crippen LogP contribution in [-0.4, -0.2) is 43.0 Å². The van der Waals surface area contributed by atoms with Gasteiger partial charge in [-0.15, -0.1) is 0 Å². The Hall–Kier alpha value is -0.610. The molecule has 0 aliphatic carbocycles. The maximum atomic E-state index is 11.8. The summed E-state index contributed by atoms with van der Waals surface area (Å²) < 4.78 is 0. The molecular formula is C12H27N3O. The summed E-state index contributed by atoms with van der Waals surface area (Å²) in [5, 5.41) is 2.93. The van der Waals surface area contributed by atoms with Crippen LogP contribution in [0.4, 0.5) is 0 Å². The van der Waals surface area contributed by atoms with Crippen molar-refractivity contribution in [3.05, 3.63) is 0 Å². The van der Waals surface area contributed by atoms with Crippen LogP contribution in [0.1, 0.15) is 40.0 Å². The minimum absolute atomic E-state index is 0.0679. The summed E-state index contributed by atoms with van der Waals surface area (Å²) in [6.45, 7) is 9.27. The molecule has 0 saturated carbocycles. The lowest BCUT2D eigenvalue weighted by Crippen LogP contribution is -2.47. The lowest BCUT2D eigenvalue weighted by molar-refractivity contribution is -0.125. The number of hydrogen-bond acceptors (Lipinski definition) is 3. The van der Waals surface area contributed by atoms with Crippen LogP contribution in [0.25, 0.3) is 0 Å². The average Bonchev–Trinajstić information content (AvgIpc) is 2.30. The fraction of sp³-hybridized carbons (Fsp3) is 0.917. The second-order valence-electron chi connectivity index (χ2n) is 4.15. The molecule has 0 spiro atoms. The third kappa shape index (κ3) is 6.08. The van der Waals surface area contributed by atoms with Gasteiger partial charge >= 0.3 is 0 Å². The van der Waals surface area contributed by atoms with Crippen molar-refractivity contribution < 1.29 is 4.79 Å². The standard InChI is InChI=1S/C12H27N3O/c1-4-6-9-15(10-7-13)11(3)12(16)14-8-5-2/h11H,4-10,13H2,1-3H3,(H,14,16). The van der Waals surface area contributed by atoms with Crippen LogP contribution >= 0.6 is 0 Å². The third-order valence-electron chi connectivity index (χ3n) is 2.69. The molecule has 0 rings (SSSR count). The number of carbonyl (C=O) groups is 1. The molecule has 96 valence electrons. The molecule has 0 aliphatic rings. The minimum Gasteiger partial charge on any atom is -0.355 e. The molecular weight excluding hydrogens is 202 g/mol. The number of nitrogens with one attached hydrogen (secondary N) is 1. The molecule has 1 amide bonds. The monoisotopic (exact) mass is 229 g/mol. The van der Waals surface area contributed by atoms with Crippen LogP contribution < -0.4 is 11.1 Å². The van der Waals surface area contributed by atoms with Crippen LogP contribution in [0.3, 0.4) is 0 Å². The van der Waals surface area contributed by atoms with E-state index in [2.05, 4.69) is 24.1 Å². The Morgan fingerprint density at radius 3 is 2.50 bits per heavy atom. The zero-order valence-corrected chi connectivity index (χ0v) is 11.0. The minimum atomic E-state index is -0.0679. The van der Waals surface area contributed by atoms with Crippen LogP contribution in [0.15, 0.2) is 0 Å². The topological polar surface area (TPSA) is 58.4 Å². The molecule has 0 heterocycles. The molecule has 0 radical (unpaired) electrons. The predicted molar refractivity (Wildman–Crippen MR) is 68.3 cm³/mol. The van der Waals surface area contributed by atoms with Crippen molar-refractivity contribution in [2.45, 2.75) is 46.1 Å². The summed E-state index contributed by atoms with van der Waals surface area (Å²) in [5.41, 5.74) is 5.57. The normalized spacial score (nSPS) is 12.8. The summed E-state index contributed by atoms with van der Waals surface area (Å²) in [4.78, 5) is 13.9.